The maximum absolute atomic E-state index is 9.17. The normalized spacial score (nSPS) is 12.6. The summed E-state index contributed by atoms with van der Waals surface area (Å²) < 4.78 is 7.79. The second-order valence-electron chi connectivity index (χ2n) is 4.37. The Hall–Kier alpha value is -0.620. The van der Waals surface area contributed by atoms with E-state index in [1.165, 1.54) is 0 Å². The third-order valence-electron chi connectivity index (χ3n) is 2.60. The van der Waals surface area contributed by atoms with Crippen molar-refractivity contribution in [1.82, 2.24) is 5.32 Å². The molecule has 1 atom stereocenters. The summed E-state index contributed by atoms with van der Waals surface area (Å²) in [4.78, 5) is 0. The summed E-state index contributed by atoms with van der Waals surface area (Å²) >= 11 is 6.95. The monoisotopic (exact) mass is 387 g/mol. The first kappa shape index (κ1) is 14.8. The second-order valence-corrected chi connectivity index (χ2v) is 6.14. The minimum absolute atomic E-state index is 0.352. The van der Waals surface area contributed by atoms with Crippen LogP contribution in [0.2, 0.25) is 0 Å². The molecule has 0 unspecified atom stereocenters. The van der Waals surface area contributed by atoms with Gasteiger partial charge in [-0.2, -0.15) is 0 Å². The molecule has 0 saturated heterocycles. The molecule has 19 heavy (non-hydrogen) atoms. The van der Waals surface area contributed by atoms with Crippen LogP contribution in [0.15, 0.2) is 43.7 Å². The van der Waals surface area contributed by atoms with E-state index >= 15 is 0 Å². The molecule has 3 nitrogen and oxygen atoms in total. The van der Waals surface area contributed by atoms with Crippen LogP contribution in [0.4, 0.5) is 0 Å². The van der Waals surface area contributed by atoms with E-state index in [9.17, 15) is 5.11 Å². The van der Waals surface area contributed by atoms with E-state index in [2.05, 4.69) is 37.2 Å². The van der Waals surface area contributed by atoms with E-state index < -0.39 is 0 Å². The zero-order chi connectivity index (χ0) is 13.8. The highest BCUT2D eigenvalue weighted by Crippen LogP contribution is 2.31. The van der Waals surface area contributed by atoms with E-state index in [0.717, 1.165) is 26.0 Å². The molecule has 2 rings (SSSR count). The highest BCUT2D eigenvalue weighted by Gasteiger charge is 2.08. The molecule has 1 heterocycles. The van der Waals surface area contributed by atoms with E-state index in [0.29, 0.717) is 13.1 Å². The van der Waals surface area contributed by atoms with Gasteiger partial charge in [0.25, 0.3) is 0 Å². The Morgan fingerprint density at radius 3 is 2.74 bits per heavy atom. The fraction of sp³-hybridized carbons (Fsp3) is 0.286. The Balaban J connectivity index is 2.08. The van der Waals surface area contributed by atoms with E-state index in [1.54, 1.807) is 6.92 Å². The van der Waals surface area contributed by atoms with Crippen LogP contribution < -0.4 is 5.32 Å². The molecule has 1 aromatic carbocycles. The van der Waals surface area contributed by atoms with Gasteiger partial charge in [0.2, 0.25) is 0 Å². The molecular weight excluding hydrogens is 374 g/mol. The van der Waals surface area contributed by atoms with Crippen molar-refractivity contribution in [1.29, 1.82) is 0 Å². The van der Waals surface area contributed by atoms with Crippen LogP contribution in [0.3, 0.4) is 0 Å². The van der Waals surface area contributed by atoms with E-state index in [1.807, 2.05) is 30.3 Å². The Morgan fingerprint density at radius 1 is 1.26 bits per heavy atom. The summed E-state index contributed by atoms with van der Waals surface area (Å²) in [6.45, 7) is 2.91. The lowest BCUT2D eigenvalue weighted by molar-refractivity contribution is 0.190. The number of aliphatic hydroxyl groups excluding tert-OH is 1. The van der Waals surface area contributed by atoms with Crippen molar-refractivity contribution in [3.8, 4) is 11.3 Å². The van der Waals surface area contributed by atoms with Gasteiger partial charge in [-0.05, 0) is 53.2 Å². The summed E-state index contributed by atoms with van der Waals surface area (Å²) in [5.74, 6) is 1.68. The molecule has 0 amide bonds. The van der Waals surface area contributed by atoms with Crippen LogP contribution in [0.1, 0.15) is 12.7 Å². The summed E-state index contributed by atoms with van der Waals surface area (Å²) in [5, 5.41) is 12.3. The average Bonchev–Trinajstić information content (AvgIpc) is 2.77. The fourth-order valence-corrected chi connectivity index (χ4v) is 2.95. The maximum Gasteiger partial charge on any atom is 0.135 e. The molecule has 0 aliphatic carbocycles. The molecule has 102 valence electrons. The van der Waals surface area contributed by atoms with Crippen molar-refractivity contribution in [3.05, 3.63) is 45.0 Å². The quantitative estimate of drug-likeness (QED) is 0.815. The lowest BCUT2D eigenvalue weighted by atomic mass is 10.2. The van der Waals surface area contributed by atoms with Gasteiger partial charge in [-0.25, -0.2) is 0 Å². The lowest BCUT2D eigenvalue weighted by Crippen LogP contribution is -2.23. The van der Waals surface area contributed by atoms with E-state index in [4.69, 9.17) is 4.42 Å². The molecule has 5 heteroatoms. The number of benzene rings is 1. The standard InChI is InChI=1S/C14H15Br2NO2/c1-9(18)7-17-8-11-3-5-14(19-11)12-4-2-10(15)6-13(12)16/h2-6,9,17-18H,7-8H2,1H3/t9-/m1/s1. The van der Waals surface area contributed by atoms with Crippen molar-refractivity contribution in [2.24, 2.45) is 0 Å². The summed E-state index contributed by atoms with van der Waals surface area (Å²) in [7, 11) is 0. The molecular formula is C14H15Br2NO2. The molecule has 0 saturated carbocycles. The second kappa shape index (κ2) is 6.70. The molecule has 2 N–H and O–H groups in total. The van der Waals surface area contributed by atoms with Gasteiger partial charge in [-0.1, -0.05) is 15.9 Å². The molecule has 0 aliphatic heterocycles. The number of furan rings is 1. The van der Waals surface area contributed by atoms with Crippen LogP contribution in [0.5, 0.6) is 0 Å². The smallest absolute Gasteiger partial charge is 0.135 e. The number of aliphatic hydroxyl groups is 1. The zero-order valence-electron chi connectivity index (χ0n) is 10.5. The molecule has 0 bridgehead atoms. The summed E-state index contributed by atoms with van der Waals surface area (Å²) in [6.07, 6.45) is -0.352. The Kier molecular flexibility index (Phi) is 5.21. The van der Waals surface area contributed by atoms with Gasteiger partial charge >= 0.3 is 0 Å². The van der Waals surface area contributed by atoms with Crippen molar-refractivity contribution in [2.75, 3.05) is 6.54 Å². The number of nitrogens with one attached hydrogen (secondary N) is 1. The van der Waals surface area contributed by atoms with Gasteiger partial charge in [0.15, 0.2) is 0 Å². The minimum Gasteiger partial charge on any atom is -0.460 e. The van der Waals surface area contributed by atoms with E-state index in [-0.39, 0.29) is 6.10 Å². The van der Waals surface area contributed by atoms with Crippen LogP contribution in [0.25, 0.3) is 11.3 Å². The van der Waals surface area contributed by atoms with Crippen molar-refractivity contribution in [2.45, 2.75) is 19.6 Å². The fourth-order valence-electron chi connectivity index (χ4n) is 1.71. The van der Waals surface area contributed by atoms with Gasteiger partial charge in [0, 0.05) is 21.1 Å². The molecule has 0 spiro atoms. The van der Waals surface area contributed by atoms with Gasteiger partial charge in [0.05, 0.1) is 12.6 Å². The van der Waals surface area contributed by atoms with Gasteiger partial charge in [0.1, 0.15) is 11.5 Å². The molecule has 1 aromatic heterocycles. The average molecular weight is 389 g/mol. The number of halogens is 2. The van der Waals surface area contributed by atoms with Crippen molar-refractivity contribution < 1.29 is 9.52 Å². The van der Waals surface area contributed by atoms with Crippen molar-refractivity contribution >= 4 is 31.9 Å². The lowest BCUT2D eigenvalue weighted by Gasteiger charge is -2.05. The van der Waals surface area contributed by atoms with Crippen LogP contribution in [0, 0.1) is 0 Å². The van der Waals surface area contributed by atoms with Gasteiger partial charge in [-0.3, -0.25) is 0 Å². The molecule has 2 aromatic rings. The number of hydrogen-bond donors (Lipinski definition) is 2. The first-order chi connectivity index (χ1) is 9.06. The number of rotatable bonds is 5. The van der Waals surface area contributed by atoms with Crippen LogP contribution in [-0.2, 0) is 6.54 Å². The third kappa shape index (κ3) is 4.18. The summed E-state index contributed by atoms with van der Waals surface area (Å²) in [5.41, 5.74) is 1.02. The first-order valence-corrected chi connectivity index (χ1v) is 7.58. The van der Waals surface area contributed by atoms with Gasteiger partial charge in [-0.15, -0.1) is 0 Å². The van der Waals surface area contributed by atoms with Crippen molar-refractivity contribution in [3.63, 3.8) is 0 Å². The van der Waals surface area contributed by atoms with Crippen LogP contribution in [-0.4, -0.2) is 17.8 Å². The predicted octanol–water partition coefficient (Wildman–Crippen LogP) is 3.94. The minimum atomic E-state index is -0.352. The third-order valence-corrected chi connectivity index (χ3v) is 3.75. The molecule has 0 fully saturated rings. The molecule has 0 aliphatic rings. The highest BCUT2D eigenvalue weighted by atomic mass is 79.9. The Morgan fingerprint density at radius 2 is 2.05 bits per heavy atom. The summed E-state index contributed by atoms with van der Waals surface area (Å²) in [6, 6.07) is 9.86. The first-order valence-electron chi connectivity index (χ1n) is 5.99. The number of hydrogen-bond acceptors (Lipinski definition) is 3. The highest BCUT2D eigenvalue weighted by molar-refractivity contribution is 9.11. The molecule has 0 radical (unpaired) electrons. The largest absolute Gasteiger partial charge is 0.460 e. The maximum atomic E-state index is 9.17. The zero-order valence-corrected chi connectivity index (χ0v) is 13.7. The Bertz CT molecular complexity index is 552. The van der Waals surface area contributed by atoms with Gasteiger partial charge < -0.3 is 14.8 Å². The van der Waals surface area contributed by atoms with Crippen LogP contribution >= 0.6 is 31.9 Å². The predicted molar refractivity (Wildman–Crippen MR) is 82.9 cm³/mol. The topological polar surface area (TPSA) is 45.4 Å². The Labute approximate surface area is 129 Å². The SMILES string of the molecule is C[C@@H](O)CNCc1ccc(-c2ccc(Br)cc2Br)o1.